The van der Waals surface area contributed by atoms with Crippen LogP contribution >= 0.6 is 0 Å². The van der Waals surface area contributed by atoms with Crippen LogP contribution in [0.4, 0.5) is 0 Å². The fraction of sp³-hybridized carbons (Fsp3) is 0.231. The van der Waals surface area contributed by atoms with Crippen LogP contribution in [-0.2, 0) is 52.0 Å². The molecule has 2 aliphatic rings. The summed E-state index contributed by atoms with van der Waals surface area (Å²) in [5, 5.41) is 2.23. The number of hydrogen-bond donors (Lipinski definition) is 0. The summed E-state index contributed by atoms with van der Waals surface area (Å²) in [4.78, 5) is 64.9. The summed E-state index contributed by atoms with van der Waals surface area (Å²) in [6.07, 6.45) is 3.48. The van der Waals surface area contributed by atoms with Gasteiger partial charge in [-0.2, -0.15) is 0 Å². The third-order valence-corrected chi connectivity index (χ3v) is 22.2. The zero-order valence-electron chi connectivity index (χ0n) is 72.6. The quantitative estimate of drug-likeness (QED) is 0.0926. The molecule has 123 heavy (non-hydrogen) atoms. The van der Waals surface area contributed by atoms with Crippen LogP contribution in [-0.4, -0.2) is 49.8 Å². The maximum absolute atomic E-state index is 7.07. The molecule has 0 amide bonds. The average molecular weight is 1670 g/mol. The zero-order chi connectivity index (χ0) is 85.1. The van der Waals surface area contributed by atoms with Gasteiger partial charge in [-0.1, -0.05) is 210 Å². The molecule has 10 aromatic carbocycles. The number of fused-ring (bicyclic) bond motifs is 21. The second kappa shape index (κ2) is 31.3. The molecule has 0 atom stereocenters. The van der Waals surface area contributed by atoms with Gasteiger partial charge in [0.15, 0.2) is 34.5 Å². The van der Waals surface area contributed by atoms with Crippen LogP contribution in [0.3, 0.4) is 0 Å². The van der Waals surface area contributed by atoms with E-state index >= 15 is 0 Å². The summed E-state index contributed by atoms with van der Waals surface area (Å²) < 4.78 is 42.4. The van der Waals surface area contributed by atoms with Crippen LogP contribution in [0, 0.1) is 0 Å². The molecule has 608 valence electrons. The fourth-order valence-electron chi connectivity index (χ4n) is 15.0. The van der Waals surface area contributed by atoms with Gasteiger partial charge in [0, 0.05) is 57.2 Å². The molecule has 0 aliphatic carbocycles. The van der Waals surface area contributed by atoms with Gasteiger partial charge >= 0.3 is 19.5 Å². The second-order valence-corrected chi connectivity index (χ2v) is 37.5. The predicted octanol–water partition coefficient (Wildman–Crippen LogP) is 26.7. The molecule has 2 aliphatic heterocycles. The van der Waals surface area contributed by atoms with Crippen molar-refractivity contribution in [1.82, 2.24) is 59.8 Å². The van der Waals surface area contributed by atoms with E-state index in [1.165, 1.54) is 0 Å². The molecule has 8 heterocycles. The Balaban J connectivity index is 0.0000107. The molecule has 8 bridgehead atoms. The number of rotatable bonds is 14. The van der Waals surface area contributed by atoms with Crippen LogP contribution in [0.25, 0.3) is 123 Å². The van der Waals surface area contributed by atoms with Crippen molar-refractivity contribution >= 4 is 55.2 Å². The maximum Gasteiger partial charge on any atom is 2.00 e. The molecule has 0 spiro atoms. The van der Waals surface area contributed by atoms with Gasteiger partial charge in [0.2, 0.25) is 0 Å². The number of ether oxygens (including phenoxy) is 6. The van der Waals surface area contributed by atoms with Crippen molar-refractivity contribution in [3.8, 4) is 137 Å². The van der Waals surface area contributed by atoms with Gasteiger partial charge < -0.3 is 58.3 Å². The Morgan fingerprint density at radius 1 is 0.228 bits per heavy atom. The summed E-state index contributed by atoms with van der Waals surface area (Å²) in [5.74, 6) is 6.69. The molecule has 0 radical (unpaired) electrons. The largest absolute Gasteiger partial charge is 2.00 e. The first-order valence-corrected chi connectivity index (χ1v) is 41.3. The predicted molar refractivity (Wildman–Crippen MR) is 485 cm³/mol. The Morgan fingerprint density at radius 2 is 0.439 bits per heavy atom. The summed E-state index contributed by atoms with van der Waals surface area (Å²) in [6.45, 7) is 39.4. The normalized spacial score (nSPS) is 12.4. The van der Waals surface area contributed by atoms with E-state index in [1.54, 1.807) is 12.4 Å². The maximum atomic E-state index is 7.07. The van der Waals surface area contributed by atoms with Gasteiger partial charge in [-0.3, -0.25) is 9.97 Å². The van der Waals surface area contributed by atoms with E-state index in [2.05, 4.69) is 197 Å². The van der Waals surface area contributed by atoms with Crippen molar-refractivity contribution < 1.29 is 47.9 Å². The monoisotopic (exact) mass is 1670 g/mol. The SMILES string of the molecule is CC(C)(C)c1ccc(Oc2cc3c(cc2Oc2ccc(C(C)(C)C)cc2)-c2nc-3nc3[n-]c(nc4nc(nc5[n-]c(n2)c2cc6nc(-c7ccccn7)c(-c7ccccn7)nc6cc52)-c2cc(Oc5ccc(C(C)(C)C)cc5)c(Oc5ccc(C(C)(C)C)cc5)cc2-4)c2cc(Oc4ccc(C(C)(C)C)cc4)c(Oc4ccc(C(C)(C)C)cc4)cc32)cc1.[Zn+2]. The van der Waals surface area contributed by atoms with Gasteiger partial charge in [0.25, 0.3) is 0 Å². The molecule has 0 saturated heterocycles. The van der Waals surface area contributed by atoms with Crippen molar-refractivity contribution in [2.24, 2.45) is 0 Å². The van der Waals surface area contributed by atoms with E-state index in [4.69, 9.17) is 88.2 Å². The van der Waals surface area contributed by atoms with Crippen LogP contribution in [0.1, 0.15) is 158 Å². The first kappa shape index (κ1) is 82.0. The topological polar surface area (TPSA) is 212 Å². The Bertz CT molecular complexity index is 6530. The van der Waals surface area contributed by atoms with E-state index in [1.807, 2.05) is 158 Å². The van der Waals surface area contributed by atoms with Crippen molar-refractivity contribution in [1.29, 1.82) is 0 Å². The average Bonchev–Trinajstić information content (AvgIpc) is 1.60. The van der Waals surface area contributed by atoms with Gasteiger partial charge in [0.1, 0.15) is 45.9 Å². The summed E-state index contributed by atoms with van der Waals surface area (Å²) >= 11 is 0. The van der Waals surface area contributed by atoms with Crippen LogP contribution in [0.5, 0.6) is 69.0 Å². The van der Waals surface area contributed by atoms with Crippen molar-refractivity contribution in [3.05, 3.63) is 276 Å². The van der Waals surface area contributed by atoms with E-state index in [-0.39, 0.29) is 97.9 Å². The minimum atomic E-state index is -0.125. The summed E-state index contributed by atoms with van der Waals surface area (Å²) in [5.41, 5.74) is 12.6. The zero-order valence-corrected chi connectivity index (χ0v) is 75.6. The molecule has 0 fully saturated rings. The third-order valence-electron chi connectivity index (χ3n) is 22.2. The molecule has 6 aromatic heterocycles. The molecule has 18 rings (SSSR count). The molecular weight excluding hydrogens is 1580 g/mol. The number of aromatic nitrogens is 12. The molecule has 16 aromatic rings. The summed E-state index contributed by atoms with van der Waals surface area (Å²) in [6, 6.07) is 75.5. The minimum Gasteiger partial charge on any atom is -0.453 e. The standard InChI is InChI=1S/C104H94N12O6.Zn/c1-99(2,3)59-25-37-65(38-26-59)117-83-53-73-75(55-85(83)119-67-41-29-61(30-42-67)101(7,8)9)95-112-93(73)110-91-71-51-81-82(108-90(80-24-20-22-50-106-80)89(107-81)79-23-19-21-49-105-79)52-72(71)92(109-91)111-94-74-54-84(118-66-39-27-60(28-40-66)100(4,5)6)86(120-68-43-31-62(32-44-68)102(10,11)12)56-76(74)96(113-94)115-98-78-58-88(122-70-47-35-64(36-48-70)104(16,17)18)87(57-77(78)97(114-95)116-98)121-69-45-33-63(34-46-69)103(13,14)15;/h19-58H,1-18H3;/q-2;+2. The molecule has 19 heteroatoms. The first-order chi connectivity index (χ1) is 58.1. The molecule has 0 N–H and O–H groups in total. The van der Waals surface area contributed by atoms with Crippen LogP contribution in [0.15, 0.2) is 243 Å². The number of pyridine rings is 2. The summed E-state index contributed by atoms with van der Waals surface area (Å²) in [7, 11) is 0. The van der Waals surface area contributed by atoms with Crippen molar-refractivity contribution in [3.63, 3.8) is 0 Å². The number of nitrogens with zero attached hydrogens (tertiary/aromatic N) is 12. The Morgan fingerprint density at radius 3 is 0.642 bits per heavy atom. The third kappa shape index (κ3) is 16.9. The number of benzene rings is 10. The van der Waals surface area contributed by atoms with Crippen molar-refractivity contribution in [2.45, 2.75) is 157 Å². The van der Waals surface area contributed by atoms with Crippen LogP contribution in [0.2, 0.25) is 0 Å². The van der Waals surface area contributed by atoms with E-state index < -0.39 is 0 Å². The van der Waals surface area contributed by atoms with E-state index in [9.17, 15) is 0 Å². The van der Waals surface area contributed by atoms with Gasteiger partial charge in [-0.25, -0.2) is 19.9 Å². The number of hydrogen-bond acceptors (Lipinski definition) is 16. The smallest absolute Gasteiger partial charge is 0.453 e. The fourth-order valence-corrected chi connectivity index (χ4v) is 15.0. The van der Waals surface area contributed by atoms with Gasteiger partial charge in [-0.05, 0) is 233 Å². The molecule has 0 saturated carbocycles. The van der Waals surface area contributed by atoms with Crippen molar-refractivity contribution in [2.75, 3.05) is 0 Å². The van der Waals surface area contributed by atoms with E-state index in [0.717, 1.165) is 33.4 Å². The minimum absolute atomic E-state index is 0. The first-order valence-electron chi connectivity index (χ1n) is 41.3. The molecular formula is C104H94N12O6Zn. The van der Waals surface area contributed by atoms with E-state index in [0.29, 0.717) is 147 Å². The molecule has 0 unspecified atom stereocenters. The van der Waals surface area contributed by atoms with Crippen LogP contribution < -0.4 is 38.4 Å². The molecule has 18 nitrogen and oxygen atoms in total. The second-order valence-electron chi connectivity index (χ2n) is 37.5. The Hall–Kier alpha value is -13.4. The Kier molecular flexibility index (Phi) is 20.8. The Labute approximate surface area is 728 Å². The van der Waals surface area contributed by atoms with Gasteiger partial charge in [-0.15, -0.1) is 0 Å². The van der Waals surface area contributed by atoms with Gasteiger partial charge in [0.05, 0.1) is 45.7 Å².